The Bertz CT molecular complexity index is 962. The van der Waals surface area contributed by atoms with Crippen LogP contribution in [0.4, 0.5) is 0 Å². The molecule has 0 aliphatic rings. The third kappa shape index (κ3) is 3.34. The van der Waals surface area contributed by atoms with Gasteiger partial charge in [0, 0.05) is 7.05 Å². The van der Waals surface area contributed by atoms with Gasteiger partial charge in [-0.2, -0.15) is 4.99 Å². The zero-order chi connectivity index (χ0) is 17.3. The van der Waals surface area contributed by atoms with Crippen LogP contribution >= 0.6 is 11.3 Å². The molecule has 4 heteroatoms. The molecule has 1 amide bonds. The van der Waals surface area contributed by atoms with Gasteiger partial charge in [-0.05, 0) is 48.6 Å². The molecule has 24 heavy (non-hydrogen) atoms. The van der Waals surface area contributed by atoms with Crippen LogP contribution in [-0.4, -0.2) is 10.5 Å². The molecule has 3 aromatic rings. The van der Waals surface area contributed by atoms with Crippen molar-refractivity contribution in [2.24, 2.45) is 12.0 Å². The molecule has 0 N–H and O–H groups in total. The highest BCUT2D eigenvalue weighted by Crippen LogP contribution is 2.22. The molecule has 0 atom stereocenters. The molecule has 1 heterocycles. The molecular formula is C20H22N2OS. The largest absolute Gasteiger partial charge is 0.319 e. The highest BCUT2D eigenvalue weighted by atomic mass is 32.1. The number of hydrogen-bond donors (Lipinski definition) is 0. The van der Waals surface area contributed by atoms with Crippen molar-refractivity contribution in [3.8, 4) is 0 Å². The second-order valence-corrected chi connectivity index (χ2v) is 7.20. The van der Waals surface area contributed by atoms with Crippen molar-refractivity contribution in [3.05, 3.63) is 63.5 Å². The van der Waals surface area contributed by atoms with Crippen LogP contribution in [0.3, 0.4) is 0 Å². The molecule has 0 saturated heterocycles. The Hall–Kier alpha value is -2.20. The lowest BCUT2D eigenvalue weighted by molar-refractivity contribution is -0.117. The van der Waals surface area contributed by atoms with Crippen molar-refractivity contribution >= 4 is 27.5 Å². The first-order chi connectivity index (χ1) is 11.5. The molecule has 124 valence electrons. The van der Waals surface area contributed by atoms with Crippen molar-refractivity contribution < 1.29 is 4.79 Å². The predicted octanol–water partition coefficient (Wildman–Crippen LogP) is 4.09. The SMILES string of the molecule is CCc1ccc(CC(=O)N=c2sc3c(C)cc(C)cc3n2C)cc1. The molecule has 0 fully saturated rings. The van der Waals surface area contributed by atoms with Gasteiger partial charge in [0.15, 0.2) is 4.80 Å². The van der Waals surface area contributed by atoms with E-state index in [1.54, 1.807) is 11.3 Å². The summed E-state index contributed by atoms with van der Waals surface area (Å²) in [6, 6.07) is 12.5. The standard InChI is InChI=1S/C20H22N2OS/c1-5-15-6-8-16(9-7-15)12-18(23)21-20-22(4)17-11-13(2)10-14(3)19(17)24-20/h6-11H,5,12H2,1-4H3. The predicted molar refractivity (Wildman–Crippen MR) is 100 cm³/mol. The van der Waals surface area contributed by atoms with Gasteiger partial charge in [0.2, 0.25) is 0 Å². The second-order valence-electron chi connectivity index (χ2n) is 6.23. The molecular weight excluding hydrogens is 316 g/mol. The lowest BCUT2D eigenvalue weighted by atomic mass is 10.1. The van der Waals surface area contributed by atoms with Crippen molar-refractivity contribution in [2.75, 3.05) is 0 Å². The number of aryl methyl sites for hydroxylation is 4. The van der Waals surface area contributed by atoms with E-state index in [2.05, 4.69) is 50.0 Å². The van der Waals surface area contributed by atoms with Gasteiger partial charge in [0.25, 0.3) is 5.91 Å². The lowest BCUT2D eigenvalue weighted by Gasteiger charge is -2.01. The summed E-state index contributed by atoms with van der Waals surface area (Å²) < 4.78 is 3.21. The van der Waals surface area contributed by atoms with Crippen LogP contribution in [0, 0.1) is 13.8 Å². The lowest BCUT2D eigenvalue weighted by Crippen LogP contribution is -2.14. The van der Waals surface area contributed by atoms with Gasteiger partial charge in [-0.15, -0.1) is 0 Å². The third-order valence-electron chi connectivity index (χ3n) is 4.25. The fourth-order valence-corrected chi connectivity index (χ4v) is 3.97. The highest BCUT2D eigenvalue weighted by molar-refractivity contribution is 7.16. The maximum atomic E-state index is 12.3. The van der Waals surface area contributed by atoms with Crippen molar-refractivity contribution in [3.63, 3.8) is 0 Å². The van der Waals surface area contributed by atoms with E-state index < -0.39 is 0 Å². The molecule has 0 aliphatic carbocycles. The summed E-state index contributed by atoms with van der Waals surface area (Å²) in [6.07, 6.45) is 1.35. The van der Waals surface area contributed by atoms with Gasteiger partial charge in [-0.3, -0.25) is 4.79 Å². The summed E-state index contributed by atoms with van der Waals surface area (Å²) in [5.41, 5.74) is 5.88. The maximum Gasteiger partial charge on any atom is 0.252 e. The normalized spacial score (nSPS) is 12.1. The highest BCUT2D eigenvalue weighted by Gasteiger charge is 2.08. The van der Waals surface area contributed by atoms with Gasteiger partial charge in [0.1, 0.15) is 0 Å². The topological polar surface area (TPSA) is 34.4 Å². The summed E-state index contributed by atoms with van der Waals surface area (Å²) >= 11 is 1.58. The monoisotopic (exact) mass is 338 g/mol. The average molecular weight is 338 g/mol. The number of thiazole rings is 1. The Labute approximate surface area is 146 Å². The summed E-state index contributed by atoms with van der Waals surface area (Å²) in [5, 5.41) is 0. The number of amides is 1. The minimum atomic E-state index is -0.101. The Morgan fingerprint density at radius 2 is 1.79 bits per heavy atom. The van der Waals surface area contributed by atoms with Crippen LogP contribution in [0.25, 0.3) is 10.2 Å². The molecule has 1 aromatic heterocycles. The number of rotatable bonds is 3. The summed E-state index contributed by atoms with van der Waals surface area (Å²) in [4.78, 5) is 17.4. The Morgan fingerprint density at radius 3 is 2.46 bits per heavy atom. The van der Waals surface area contributed by atoms with E-state index >= 15 is 0 Å². The van der Waals surface area contributed by atoms with Gasteiger partial charge in [-0.25, -0.2) is 0 Å². The van der Waals surface area contributed by atoms with E-state index in [9.17, 15) is 4.79 Å². The number of benzene rings is 2. The molecule has 0 bridgehead atoms. The van der Waals surface area contributed by atoms with Crippen molar-refractivity contribution in [1.82, 2.24) is 4.57 Å². The fourth-order valence-electron chi connectivity index (χ4n) is 2.89. The first-order valence-electron chi connectivity index (χ1n) is 8.20. The number of aromatic nitrogens is 1. The van der Waals surface area contributed by atoms with Gasteiger partial charge >= 0.3 is 0 Å². The van der Waals surface area contributed by atoms with E-state index in [4.69, 9.17) is 0 Å². The maximum absolute atomic E-state index is 12.3. The van der Waals surface area contributed by atoms with Crippen LogP contribution in [-0.2, 0) is 24.7 Å². The summed E-state index contributed by atoms with van der Waals surface area (Å²) in [6.45, 7) is 6.32. The second kappa shape index (κ2) is 6.73. The van der Waals surface area contributed by atoms with Gasteiger partial charge < -0.3 is 4.57 Å². The zero-order valence-electron chi connectivity index (χ0n) is 14.6. The zero-order valence-corrected chi connectivity index (χ0v) is 15.4. The van der Waals surface area contributed by atoms with Crippen LogP contribution in [0.5, 0.6) is 0 Å². The minimum absolute atomic E-state index is 0.101. The van der Waals surface area contributed by atoms with Crippen LogP contribution in [0.2, 0.25) is 0 Å². The smallest absolute Gasteiger partial charge is 0.252 e. The first-order valence-corrected chi connectivity index (χ1v) is 9.01. The molecule has 0 aliphatic heterocycles. The van der Waals surface area contributed by atoms with Gasteiger partial charge in [0.05, 0.1) is 16.6 Å². The summed E-state index contributed by atoms with van der Waals surface area (Å²) in [7, 11) is 1.97. The molecule has 0 spiro atoms. The number of carbonyl (C=O) groups is 1. The van der Waals surface area contributed by atoms with E-state index in [1.165, 1.54) is 21.4 Å². The van der Waals surface area contributed by atoms with Gasteiger partial charge in [-0.1, -0.05) is 48.6 Å². The molecule has 0 saturated carbocycles. The minimum Gasteiger partial charge on any atom is -0.319 e. The van der Waals surface area contributed by atoms with E-state index in [-0.39, 0.29) is 5.91 Å². The first kappa shape index (κ1) is 16.7. The Kier molecular flexibility index (Phi) is 4.67. The summed E-state index contributed by atoms with van der Waals surface area (Å²) in [5.74, 6) is -0.101. The van der Waals surface area contributed by atoms with E-state index in [1.807, 2.05) is 23.7 Å². The average Bonchev–Trinajstić information content (AvgIpc) is 2.85. The van der Waals surface area contributed by atoms with Crippen molar-refractivity contribution in [1.29, 1.82) is 0 Å². The van der Waals surface area contributed by atoms with Crippen molar-refractivity contribution in [2.45, 2.75) is 33.6 Å². The number of nitrogens with zero attached hydrogens (tertiary/aromatic N) is 2. The number of hydrogen-bond acceptors (Lipinski definition) is 2. The number of carbonyl (C=O) groups excluding carboxylic acids is 1. The molecule has 0 unspecified atom stereocenters. The van der Waals surface area contributed by atoms with E-state index in [0.717, 1.165) is 22.3 Å². The third-order valence-corrected chi connectivity index (χ3v) is 5.53. The Morgan fingerprint density at radius 1 is 1.12 bits per heavy atom. The molecule has 3 nitrogen and oxygen atoms in total. The van der Waals surface area contributed by atoms with Crippen LogP contribution < -0.4 is 4.80 Å². The number of fused-ring (bicyclic) bond motifs is 1. The molecule has 2 aromatic carbocycles. The molecule has 0 radical (unpaired) electrons. The van der Waals surface area contributed by atoms with E-state index in [0.29, 0.717) is 6.42 Å². The Balaban J connectivity index is 1.92. The van der Waals surface area contributed by atoms with Crippen LogP contribution in [0.1, 0.15) is 29.2 Å². The quantitative estimate of drug-likeness (QED) is 0.708. The molecule has 3 rings (SSSR count). The fraction of sp³-hybridized carbons (Fsp3) is 0.300. The van der Waals surface area contributed by atoms with Crippen LogP contribution in [0.15, 0.2) is 41.4 Å².